The lowest BCUT2D eigenvalue weighted by molar-refractivity contribution is -0.158. The number of rotatable bonds is 10. The molecule has 0 saturated carbocycles. The molecule has 2 rings (SSSR count). The second kappa shape index (κ2) is 10.0. The van der Waals surface area contributed by atoms with Crippen LogP contribution in [0, 0.1) is 0 Å². The van der Waals surface area contributed by atoms with Crippen LogP contribution in [0.5, 0.6) is 5.75 Å². The van der Waals surface area contributed by atoms with Crippen molar-refractivity contribution in [3.05, 3.63) is 60.7 Å². The van der Waals surface area contributed by atoms with Gasteiger partial charge in [0.05, 0.1) is 0 Å². The van der Waals surface area contributed by atoms with E-state index in [0.29, 0.717) is 23.6 Å². The van der Waals surface area contributed by atoms with Gasteiger partial charge >= 0.3 is 5.97 Å². The second-order valence-electron chi connectivity index (χ2n) is 6.06. The standard InChI is InChI=1S/C21H25NO4S/c1-3-10-19(23)22(17-11-6-4-7-12-17)21(20(24)25,15-16-27-2)26-18-13-8-5-9-14-18/h4-9,11-14H,3,10,15-16H2,1-2H3,(H,24,25)/t21-/m1/s1. The van der Waals surface area contributed by atoms with E-state index in [1.807, 2.05) is 25.3 Å². The number of amides is 1. The van der Waals surface area contributed by atoms with E-state index < -0.39 is 11.7 Å². The molecule has 0 bridgehead atoms. The average Bonchev–Trinajstić information content (AvgIpc) is 2.68. The summed E-state index contributed by atoms with van der Waals surface area (Å²) < 4.78 is 6.04. The zero-order valence-corrected chi connectivity index (χ0v) is 16.4. The van der Waals surface area contributed by atoms with Gasteiger partial charge in [0.2, 0.25) is 5.91 Å². The Bertz CT molecular complexity index is 738. The number of carboxylic acids is 1. The van der Waals surface area contributed by atoms with Crippen molar-refractivity contribution in [3.63, 3.8) is 0 Å². The van der Waals surface area contributed by atoms with Gasteiger partial charge in [0.1, 0.15) is 5.75 Å². The van der Waals surface area contributed by atoms with E-state index in [1.54, 1.807) is 48.5 Å². The Morgan fingerprint density at radius 3 is 2.19 bits per heavy atom. The summed E-state index contributed by atoms with van der Waals surface area (Å²) >= 11 is 1.51. The summed E-state index contributed by atoms with van der Waals surface area (Å²) in [4.78, 5) is 26.9. The summed E-state index contributed by atoms with van der Waals surface area (Å²) in [5.41, 5.74) is -1.31. The van der Waals surface area contributed by atoms with Gasteiger partial charge in [0.25, 0.3) is 5.72 Å². The fraction of sp³-hybridized carbons (Fsp3) is 0.333. The predicted molar refractivity (Wildman–Crippen MR) is 109 cm³/mol. The first-order valence-corrected chi connectivity index (χ1v) is 10.3. The lowest BCUT2D eigenvalue weighted by Gasteiger charge is -2.40. The fourth-order valence-corrected chi connectivity index (χ4v) is 3.32. The number of nitrogens with zero attached hydrogens (tertiary/aromatic N) is 1. The quantitative estimate of drug-likeness (QED) is 0.611. The predicted octanol–water partition coefficient (Wildman–Crippen LogP) is 4.43. The Morgan fingerprint density at radius 1 is 1.07 bits per heavy atom. The molecule has 0 spiro atoms. The summed E-state index contributed by atoms with van der Waals surface area (Å²) in [5.74, 6) is -0.523. The van der Waals surface area contributed by atoms with Crippen LogP contribution in [0.15, 0.2) is 60.7 Å². The van der Waals surface area contributed by atoms with Crippen LogP contribution in [-0.4, -0.2) is 34.7 Å². The lowest BCUT2D eigenvalue weighted by Crippen LogP contribution is -2.62. The van der Waals surface area contributed by atoms with Crippen LogP contribution in [-0.2, 0) is 9.59 Å². The monoisotopic (exact) mass is 387 g/mol. The third kappa shape index (κ3) is 5.04. The smallest absolute Gasteiger partial charge is 0.370 e. The van der Waals surface area contributed by atoms with Crippen molar-refractivity contribution in [3.8, 4) is 5.75 Å². The van der Waals surface area contributed by atoms with Gasteiger partial charge in [-0.3, -0.25) is 9.69 Å². The molecule has 0 heterocycles. The second-order valence-corrected chi connectivity index (χ2v) is 7.05. The van der Waals surface area contributed by atoms with Crippen molar-refractivity contribution in [1.29, 1.82) is 0 Å². The number of ether oxygens (including phenoxy) is 1. The number of benzene rings is 2. The number of hydrogen-bond donors (Lipinski definition) is 1. The molecule has 6 heteroatoms. The van der Waals surface area contributed by atoms with E-state index in [0.717, 1.165) is 0 Å². The molecule has 2 aromatic carbocycles. The molecule has 1 N–H and O–H groups in total. The molecule has 0 radical (unpaired) electrons. The first kappa shape index (κ1) is 20.8. The van der Waals surface area contributed by atoms with E-state index in [9.17, 15) is 14.7 Å². The minimum absolute atomic E-state index is 0.155. The van der Waals surface area contributed by atoms with Gasteiger partial charge in [-0.05, 0) is 42.7 Å². The molecular formula is C21H25NO4S. The van der Waals surface area contributed by atoms with Gasteiger partial charge in [-0.1, -0.05) is 43.3 Å². The Hall–Kier alpha value is -2.47. The maximum atomic E-state index is 13.0. The van der Waals surface area contributed by atoms with Crippen molar-refractivity contribution in [1.82, 2.24) is 0 Å². The number of anilines is 1. The van der Waals surface area contributed by atoms with Gasteiger partial charge in [0, 0.05) is 18.5 Å². The van der Waals surface area contributed by atoms with Crippen LogP contribution in [0.25, 0.3) is 0 Å². The minimum Gasteiger partial charge on any atom is -0.477 e. The summed E-state index contributed by atoms with van der Waals surface area (Å²) in [6.07, 6.45) is 2.91. The SMILES string of the molecule is CCCC(=O)N(c1ccccc1)[C@](CCSC)(Oc1ccccc1)C(=O)O. The number of carbonyl (C=O) groups is 2. The highest BCUT2D eigenvalue weighted by atomic mass is 32.2. The van der Waals surface area contributed by atoms with Crippen molar-refractivity contribution in [2.75, 3.05) is 16.9 Å². The maximum absolute atomic E-state index is 13.0. The highest BCUT2D eigenvalue weighted by Gasteiger charge is 2.49. The first-order chi connectivity index (χ1) is 13.0. The van der Waals surface area contributed by atoms with E-state index in [1.165, 1.54) is 16.7 Å². The van der Waals surface area contributed by atoms with Crippen LogP contribution in [0.2, 0.25) is 0 Å². The molecule has 1 amide bonds. The van der Waals surface area contributed by atoms with Gasteiger partial charge in [-0.25, -0.2) is 4.79 Å². The van der Waals surface area contributed by atoms with Crippen LogP contribution >= 0.6 is 11.8 Å². The van der Waals surface area contributed by atoms with Crippen LogP contribution in [0.4, 0.5) is 5.69 Å². The largest absolute Gasteiger partial charge is 0.477 e. The summed E-state index contributed by atoms with van der Waals surface area (Å²) in [6, 6.07) is 17.6. The fourth-order valence-electron chi connectivity index (χ4n) is 2.84. The van der Waals surface area contributed by atoms with E-state index in [2.05, 4.69) is 0 Å². The van der Waals surface area contributed by atoms with Crippen LogP contribution in [0.3, 0.4) is 0 Å². The topological polar surface area (TPSA) is 66.8 Å². The summed E-state index contributed by atoms with van der Waals surface area (Å²) in [7, 11) is 0. The molecule has 0 unspecified atom stereocenters. The Kier molecular flexibility index (Phi) is 7.73. The van der Waals surface area contributed by atoms with Crippen molar-refractivity contribution < 1.29 is 19.4 Å². The number of carbonyl (C=O) groups excluding carboxylic acids is 1. The minimum atomic E-state index is -1.82. The molecule has 0 aliphatic carbocycles. The number of thioether (sulfide) groups is 1. The Balaban J connectivity index is 2.60. The lowest BCUT2D eigenvalue weighted by atomic mass is 10.1. The summed E-state index contributed by atoms with van der Waals surface area (Å²) in [6.45, 7) is 1.89. The third-order valence-electron chi connectivity index (χ3n) is 4.10. The molecule has 0 aliphatic heterocycles. The molecule has 144 valence electrons. The first-order valence-electron chi connectivity index (χ1n) is 8.89. The zero-order chi connectivity index (χ0) is 19.7. The average molecular weight is 388 g/mol. The molecule has 0 aromatic heterocycles. The number of carboxylic acid groups (broad SMARTS) is 1. The van der Waals surface area contributed by atoms with Crippen molar-refractivity contribution >= 4 is 29.3 Å². The molecule has 0 aliphatic rings. The molecule has 0 saturated heterocycles. The van der Waals surface area contributed by atoms with Crippen molar-refractivity contribution in [2.45, 2.75) is 31.9 Å². The van der Waals surface area contributed by atoms with E-state index >= 15 is 0 Å². The molecule has 1 atom stereocenters. The number of para-hydroxylation sites is 2. The molecular weight excluding hydrogens is 362 g/mol. The normalized spacial score (nSPS) is 12.8. The number of hydrogen-bond acceptors (Lipinski definition) is 4. The van der Waals surface area contributed by atoms with Crippen molar-refractivity contribution in [2.24, 2.45) is 0 Å². The Labute approximate surface area is 164 Å². The van der Waals surface area contributed by atoms with E-state index in [4.69, 9.17) is 4.74 Å². The van der Waals surface area contributed by atoms with Gasteiger partial charge in [-0.15, -0.1) is 0 Å². The summed E-state index contributed by atoms with van der Waals surface area (Å²) in [5, 5.41) is 10.2. The molecule has 27 heavy (non-hydrogen) atoms. The molecule has 2 aromatic rings. The van der Waals surface area contributed by atoms with Gasteiger partial charge in [0.15, 0.2) is 0 Å². The Morgan fingerprint density at radius 2 is 1.67 bits per heavy atom. The maximum Gasteiger partial charge on any atom is 0.370 e. The molecule has 0 fully saturated rings. The van der Waals surface area contributed by atoms with Crippen LogP contribution < -0.4 is 9.64 Å². The van der Waals surface area contributed by atoms with Crippen LogP contribution in [0.1, 0.15) is 26.2 Å². The highest BCUT2D eigenvalue weighted by molar-refractivity contribution is 7.98. The zero-order valence-electron chi connectivity index (χ0n) is 15.6. The van der Waals surface area contributed by atoms with E-state index in [-0.39, 0.29) is 18.7 Å². The third-order valence-corrected chi connectivity index (χ3v) is 4.71. The number of aliphatic carboxylic acids is 1. The molecule has 5 nitrogen and oxygen atoms in total. The van der Waals surface area contributed by atoms with Gasteiger partial charge in [-0.2, -0.15) is 11.8 Å². The highest BCUT2D eigenvalue weighted by Crippen LogP contribution is 2.32. The van der Waals surface area contributed by atoms with Gasteiger partial charge < -0.3 is 9.84 Å².